The molecule has 0 atom stereocenters. The summed E-state index contributed by atoms with van der Waals surface area (Å²) in [5.41, 5.74) is 0. The minimum absolute atomic E-state index is 0.0706. The number of nitrogens with zero attached hydrogens (tertiary/aromatic N) is 2. The highest BCUT2D eigenvalue weighted by molar-refractivity contribution is 6.28. The van der Waals surface area contributed by atoms with E-state index in [0.29, 0.717) is 12.0 Å². The minimum atomic E-state index is -0.450. The fourth-order valence-electron chi connectivity index (χ4n) is 1.66. The molecule has 1 aliphatic rings. The molecule has 0 spiro atoms. The molecule has 76 valence electrons. The van der Waals surface area contributed by atoms with Crippen LogP contribution in [0.25, 0.3) is 0 Å². The van der Waals surface area contributed by atoms with Crippen LogP contribution in [0, 0.1) is 11.7 Å². The predicted molar refractivity (Wildman–Crippen MR) is 52.8 cm³/mol. The third kappa shape index (κ3) is 1.95. The molecule has 0 aromatic carbocycles. The van der Waals surface area contributed by atoms with Crippen molar-refractivity contribution in [1.82, 2.24) is 9.97 Å². The number of aromatic nitrogens is 2. The quantitative estimate of drug-likeness (QED) is 0.771. The summed E-state index contributed by atoms with van der Waals surface area (Å²) in [5.74, 6) is 0.476. The Hall–Kier alpha value is -0.900. The molecule has 1 aliphatic carbocycles. The van der Waals surface area contributed by atoms with Crippen LogP contribution in [0.4, 0.5) is 10.2 Å². The minimum Gasteiger partial charge on any atom is -0.365 e. The monoisotopic (exact) mass is 215 g/mol. The number of rotatable bonds is 2. The van der Waals surface area contributed by atoms with Gasteiger partial charge in [-0.05, 0) is 30.4 Å². The van der Waals surface area contributed by atoms with E-state index in [-0.39, 0.29) is 11.1 Å². The first-order valence-electron chi connectivity index (χ1n) is 4.59. The summed E-state index contributed by atoms with van der Waals surface area (Å²) in [4.78, 5) is 7.33. The maximum atomic E-state index is 13.1. The molecule has 0 saturated heterocycles. The van der Waals surface area contributed by atoms with Gasteiger partial charge < -0.3 is 5.32 Å². The van der Waals surface area contributed by atoms with Crippen LogP contribution in [-0.4, -0.2) is 16.0 Å². The molecule has 2 rings (SSSR count). The van der Waals surface area contributed by atoms with E-state index in [9.17, 15) is 4.39 Å². The summed E-state index contributed by atoms with van der Waals surface area (Å²) in [6.45, 7) is 2.17. The van der Waals surface area contributed by atoms with Gasteiger partial charge in [0.25, 0.3) is 0 Å². The normalized spacial score (nSPS) is 25.6. The fraction of sp³-hybridized carbons (Fsp3) is 0.556. The van der Waals surface area contributed by atoms with Crippen LogP contribution in [0.2, 0.25) is 5.28 Å². The van der Waals surface area contributed by atoms with Gasteiger partial charge in [0.1, 0.15) is 0 Å². The SMILES string of the molecule is CC1CC(Nc2nc(Cl)ncc2F)C1. The number of nitrogens with one attached hydrogen (secondary N) is 1. The molecule has 0 unspecified atom stereocenters. The first-order chi connectivity index (χ1) is 6.65. The lowest BCUT2D eigenvalue weighted by Crippen LogP contribution is -2.34. The molecule has 1 fully saturated rings. The predicted octanol–water partition coefficient (Wildman–Crippen LogP) is 2.48. The van der Waals surface area contributed by atoms with Gasteiger partial charge in [-0.15, -0.1) is 0 Å². The number of hydrogen-bond acceptors (Lipinski definition) is 3. The van der Waals surface area contributed by atoms with Gasteiger partial charge in [-0.2, -0.15) is 4.98 Å². The second-order valence-corrected chi connectivity index (χ2v) is 4.09. The molecule has 0 bridgehead atoms. The van der Waals surface area contributed by atoms with E-state index in [4.69, 9.17) is 11.6 Å². The van der Waals surface area contributed by atoms with E-state index in [1.807, 2.05) is 0 Å². The van der Waals surface area contributed by atoms with E-state index in [2.05, 4.69) is 22.2 Å². The largest absolute Gasteiger partial charge is 0.365 e. The van der Waals surface area contributed by atoms with Crippen molar-refractivity contribution in [3.63, 3.8) is 0 Å². The van der Waals surface area contributed by atoms with Gasteiger partial charge in [0, 0.05) is 6.04 Å². The lowest BCUT2D eigenvalue weighted by molar-refractivity contribution is 0.307. The second kappa shape index (κ2) is 3.69. The molecule has 0 radical (unpaired) electrons. The third-order valence-corrected chi connectivity index (χ3v) is 2.61. The molecule has 14 heavy (non-hydrogen) atoms. The maximum absolute atomic E-state index is 13.1. The summed E-state index contributed by atoms with van der Waals surface area (Å²) in [5, 5.41) is 3.08. The Morgan fingerprint density at radius 1 is 1.57 bits per heavy atom. The summed E-state index contributed by atoms with van der Waals surface area (Å²) in [6, 6.07) is 0.325. The number of anilines is 1. The average molecular weight is 216 g/mol. The van der Waals surface area contributed by atoms with Crippen molar-refractivity contribution in [3.05, 3.63) is 17.3 Å². The highest BCUT2D eigenvalue weighted by Gasteiger charge is 2.26. The highest BCUT2D eigenvalue weighted by Crippen LogP contribution is 2.29. The standard InChI is InChI=1S/C9H11ClFN3/c1-5-2-6(3-5)13-8-7(11)4-12-9(10)14-8/h4-6H,2-3H2,1H3,(H,12,13,14). The van der Waals surface area contributed by atoms with Crippen molar-refractivity contribution in [2.45, 2.75) is 25.8 Å². The number of halogens is 2. The molecule has 1 saturated carbocycles. The van der Waals surface area contributed by atoms with Gasteiger partial charge in [-0.1, -0.05) is 6.92 Å². The van der Waals surface area contributed by atoms with Crippen LogP contribution in [0.5, 0.6) is 0 Å². The average Bonchev–Trinajstić information content (AvgIpc) is 2.09. The van der Waals surface area contributed by atoms with Gasteiger partial charge in [0.15, 0.2) is 11.6 Å². The first-order valence-corrected chi connectivity index (χ1v) is 4.97. The van der Waals surface area contributed by atoms with Gasteiger partial charge in [-0.25, -0.2) is 9.37 Å². The molecule has 1 aromatic rings. The van der Waals surface area contributed by atoms with Crippen LogP contribution in [0.1, 0.15) is 19.8 Å². The summed E-state index contributed by atoms with van der Waals surface area (Å²) >= 11 is 5.56. The molecule has 5 heteroatoms. The van der Waals surface area contributed by atoms with Crippen molar-refractivity contribution in [1.29, 1.82) is 0 Å². The van der Waals surface area contributed by atoms with Crippen LogP contribution in [-0.2, 0) is 0 Å². The molecule has 3 nitrogen and oxygen atoms in total. The van der Waals surface area contributed by atoms with Gasteiger partial charge in [0.2, 0.25) is 5.28 Å². The molecule has 0 aliphatic heterocycles. The zero-order chi connectivity index (χ0) is 10.1. The molecule has 0 amide bonds. The molecular weight excluding hydrogens is 205 g/mol. The van der Waals surface area contributed by atoms with E-state index in [0.717, 1.165) is 19.0 Å². The maximum Gasteiger partial charge on any atom is 0.224 e. The zero-order valence-corrected chi connectivity index (χ0v) is 8.55. The molecule has 1 heterocycles. The van der Waals surface area contributed by atoms with Gasteiger partial charge >= 0.3 is 0 Å². The Bertz CT molecular complexity index is 339. The van der Waals surface area contributed by atoms with Crippen LogP contribution in [0.3, 0.4) is 0 Å². The Morgan fingerprint density at radius 3 is 2.93 bits per heavy atom. The molecular formula is C9H11ClFN3. The summed E-state index contributed by atoms with van der Waals surface area (Å²) in [7, 11) is 0. The van der Waals surface area contributed by atoms with Crippen molar-refractivity contribution < 1.29 is 4.39 Å². The van der Waals surface area contributed by atoms with E-state index in [1.165, 1.54) is 0 Å². The lowest BCUT2D eigenvalue weighted by Gasteiger charge is -2.33. The van der Waals surface area contributed by atoms with Gasteiger partial charge in [-0.3, -0.25) is 0 Å². The fourth-order valence-corrected chi connectivity index (χ4v) is 1.79. The molecule has 1 aromatic heterocycles. The second-order valence-electron chi connectivity index (χ2n) is 3.75. The first kappa shape index (κ1) is 9.65. The van der Waals surface area contributed by atoms with Crippen LogP contribution >= 0.6 is 11.6 Å². The van der Waals surface area contributed by atoms with Gasteiger partial charge in [0.05, 0.1) is 6.20 Å². The lowest BCUT2D eigenvalue weighted by atomic mass is 9.82. The van der Waals surface area contributed by atoms with Crippen LogP contribution in [0.15, 0.2) is 6.20 Å². The topological polar surface area (TPSA) is 37.8 Å². The van der Waals surface area contributed by atoms with Crippen molar-refractivity contribution in [2.75, 3.05) is 5.32 Å². The van der Waals surface area contributed by atoms with Crippen molar-refractivity contribution >= 4 is 17.4 Å². The number of hydrogen-bond donors (Lipinski definition) is 1. The highest BCUT2D eigenvalue weighted by atomic mass is 35.5. The summed E-state index contributed by atoms with van der Waals surface area (Å²) in [6.07, 6.45) is 3.20. The molecule has 1 N–H and O–H groups in total. The Kier molecular flexibility index (Phi) is 2.54. The Labute approximate surface area is 86.7 Å². The van der Waals surface area contributed by atoms with E-state index >= 15 is 0 Å². The van der Waals surface area contributed by atoms with Crippen molar-refractivity contribution in [2.24, 2.45) is 5.92 Å². The van der Waals surface area contributed by atoms with Crippen molar-refractivity contribution in [3.8, 4) is 0 Å². The van der Waals surface area contributed by atoms with E-state index < -0.39 is 5.82 Å². The summed E-state index contributed by atoms with van der Waals surface area (Å²) < 4.78 is 13.1. The Balaban J connectivity index is 2.05. The third-order valence-electron chi connectivity index (χ3n) is 2.43. The smallest absolute Gasteiger partial charge is 0.224 e. The van der Waals surface area contributed by atoms with Crippen LogP contribution < -0.4 is 5.32 Å². The van der Waals surface area contributed by atoms with E-state index in [1.54, 1.807) is 0 Å². The Morgan fingerprint density at radius 2 is 2.29 bits per heavy atom. The zero-order valence-electron chi connectivity index (χ0n) is 7.80.